The Balaban J connectivity index is 1.40. The predicted octanol–water partition coefficient (Wildman–Crippen LogP) is 2.99. The van der Waals surface area contributed by atoms with Crippen molar-refractivity contribution in [2.45, 2.75) is 13.5 Å². The standard InChI is InChI=1S/C19H19N7O2/c1-11-8-22-18(20-2)26-17(11)12-7-16(21-9-12)28-19(27)23-10-15-24-13-5-3-4-6-14(13)25-15/h3-9,21H,10H2,1-2H3,(H,23,27)(H,24,25)(H,20,22,26). The van der Waals surface area contributed by atoms with E-state index in [1.807, 2.05) is 31.2 Å². The number of amides is 1. The smallest absolute Gasteiger partial charge is 0.393 e. The Morgan fingerprint density at radius 1 is 1.25 bits per heavy atom. The van der Waals surface area contributed by atoms with Crippen molar-refractivity contribution in [3.05, 3.63) is 54.1 Å². The molecule has 142 valence electrons. The molecule has 4 aromatic rings. The maximum absolute atomic E-state index is 12.1. The van der Waals surface area contributed by atoms with Crippen LogP contribution in [0.4, 0.5) is 10.7 Å². The second-order valence-corrected chi connectivity index (χ2v) is 6.17. The number of para-hydroxylation sites is 2. The van der Waals surface area contributed by atoms with E-state index in [-0.39, 0.29) is 6.54 Å². The summed E-state index contributed by atoms with van der Waals surface area (Å²) < 4.78 is 5.30. The van der Waals surface area contributed by atoms with Crippen LogP contribution >= 0.6 is 0 Å². The van der Waals surface area contributed by atoms with E-state index in [4.69, 9.17) is 4.74 Å². The molecule has 3 aromatic heterocycles. The number of hydrogen-bond acceptors (Lipinski definition) is 6. The van der Waals surface area contributed by atoms with Gasteiger partial charge in [-0.3, -0.25) is 0 Å². The minimum atomic E-state index is -0.579. The maximum atomic E-state index is 12.1. The molecule has 0 atom stereocenters. The van der Waals surface area contributed by atoms with Gasteiger partial charge in [-0.1, -0.05) is 12.1 Å². The Kier molecular flexibility index (Phi) is 4.63. The van der Waals surface area contributed by atoms with Crippen molar-refractivity contribution in [2.75, 3.05) is 12.4 Å². The van der Waals surface area contributed by atoms with Crippen molar-refractivity contribution >= 4 is 23.1 Å². The molecular formula is C19H19N7O2. The van der Waals surface area contributed by atoms with Gasteiger partial charge in [0.05, 0.1) is 23.3 Å². The lowest BCUT2D eigenvalue weighted by Gasteiger charge is -2.05. The maximum Gasteiger partial charge on any atom is 0.414 e. The second kappa shape index (κ2) is 7.39. The Labute approximate surface area is 160 Å². The topological polar surface area (TPSA) is 121 Å². The van der Waals surface area contributed by atoms with E-state index in [1.54, 1.807) is 25.5 Å². The van der Waals surface area contributed by atoms with Gasteiger partial charge in [0.15, 0.2) is 0 Å². The highest BCUT2D eigenvalue weighted by atomic mass is 16.6. The molecule has 0 fully saturated rings. The first-order chi connectivity index (χ1) is 13.6. The number of aromatic nitrogens is 5. The Morgan fingerprint density at radius 3 is 2.93 bits per heavy atom. The lowest BCUT2D eigenvalue weighted by molar-refractivity contribution is 0.198. The van der Waals surface area contributed by atoms with Crippen molar-refractivity contribution < 1.29 is 9.53 Å². The number of H-pyrrole nitrogens is 2. The van der Waals surface area contributed by atoms with E-state index in [1.165, 1.54) is 0 Å². The summed E-state index contributed by atoms with van der Waals surface area (Å²) in [4.78, 5) is 31.2. The number of carbonyl (C=O) groups excluding carboxylic acids is 1. The van der Waals surface area contributed by atoms with Gasteiger partial charge >= 0.3 is 6.09 Å². The van der Waals surface area contributed by atoms with Crippen LogP contribution in [0.3, 0.4) is 0 Å². The van der Waals surface area contributed by atoms with Crippen LogP contribution in [0.25, 0.3) is 22.3 Å². The number of rotatable bonds is 5. The average Bonchev–Trinajstić information content (AvgIpc) is 3.33. The molecule has 0 saturated carbocycles. The van der Waals surface area contributed by atoms with Gasteiger partial charge < -0.3 is 25.3 Å². The van der Waals surface area contributed by atoms with E-state index in [2.05, 4.69) is 35.6 Å². The zero-order valence-electron chi connectivity index (χ0n) is 15.4. The molecule has 0 aliphatic carbocycles. The fourth-order valence-corrected chi connectivity index (χ4v) is 2.81. The van der Waals surface area contributed by atoms with Gasteiger partial charge in [0, 0.05) is 31.1 Å². The third-order valence-electron chi connectivity index (χ3n) is 4.17. The molecule has 0 radical (unpaired) electrons. The summed E-state index contributed by atoms with van der Waals surface area (Å²) in [6.07, 6.45) is 2.89. The van der Waals surface area contributed by atoms with Crippen LogP contribution in [0, 0.1) is 6.92 Å². The van der Waals surface area contributed by atoms with Crippen molar-refractivity contribution in [1.29, 1.82) is 0 Å². The van der Waals surface area contributed by atoms with Gasteiger partial charge in [0.2, 0.25) is 11.8 Å². The van der Waals surface area contributed by atoms with E-state index in [9.17, 15) is 4.79 Å². The molecule has 1 amide bonds. The van der Waals surface area contributed by atoms with Gasteiger partial charge in [-0.05, 0) is 24.6 Å². The molecule has 0 bridgehead atoms. The number of nitrogens with zero attached hydrogens (tertiary/aromatic N) is 3. The van der Waals surface area contributed by atoms with Gasteiger partial charge in [0.1, 0.15) is 5.82 Å². The average molecular weight is 377 g/mol. The first kappa shape index (κ1) is 17.5. The molecule has 0 saturated heterocycles. The van der Waals surface area contributed by atoms with Gasteiger partial charge in [-0.2, -0.15) is 0 Å². The summed E-state index contributed by atoms with van der Waals surface area (Å²) in [6, 6.07) is 9.39. The zero-order chi connectivity index (χ0) is 19.5. The highest BCUT2D eigenvalue weighted by Crippen LogP contribution is 2.25. The first-order valence-electron chi connectivity index (χ1n) is 8.72. The molecule has 4 N–H and O–H groups in total. The summed E-state index contributed by atoms with van der Waals surface area (Å²) in [5, 5.41) is 5.59. The lowest BCUT2D eigenvalue weighted by Crippen LogP contribution is -2.26. The molecule has 0 spiro atoms. The number of ether oxygens (including phenoxy) is 1. The van der Waals surface area contributed by atoms with Crippen molar-refractivity contribution in [2.24, 2.45) is 0 Å². The third-order valence-corrected chi connectivity index (χ3v) is 4.17. The minimum absolute atomic E-state index is 0.234. The minimum Gasteiger partial charge on any atom is -0.393 e. The summed E-state index contributed by atoms with van der Waals surface area (Å²) in [7, 11) is 1.76. The number of benzene rings is 1. The van der Waals surface area contributed by atoms with E-state index in [0.717, 1.165) is 27.9 Å². The van der Waals surface area contributed by atoms with E-state index in [0.29, 0.717) is 17.7 Å². The first-order valence-corrected chi connectivity index (χ1v) is 8.72. The lowest BCUT2D eigenvalue weighted by atomic mass is 10.1. The summed E-state index contributed by atoms with van der Waals surface area (Å²) in [6.45, 7) is 2.15. The molecule has 0 aliphatic rings. The zero-order valence-corrected chi connectivity index (χ0v) is 15.4. The monoisotopic (exact) mass is 377 g/mol. The molecule has 1 aromatic carbocycles. The van der Waals surface area contributed by atoms with E-state index >= 15 is 0 Å². The number of anilines is 1. The largest absolute Gasteiger partial charge is 0.414 e. The summed E-state index contributed by atoms with van der Waals surface area (Å²) >= 11 is 0. The Morgan fingerprint density at radius 2 is 2.11 bits per heavy atom. The van der Waals surface area contributed by atoms with Crippen molar-refractivity contribution in [1.82, 2.24) is 30.2 Å². The van der Waals surface area contributed by atoms with E-state index < -0.39 is 6.09 Å². The van der Waals surface area contributed by atoms with Crippen molar-refractivity contribution in [3.63, 3.8) is 0 Å². The Bertz CT molecular complexity index is 1100. The van der Waals surface area contributed by atoms with Crippen molar-refractivity contribution in [3.8, 4) is 17.1 Å². The van der Waals surface area contributed by atoms with Crippen LogP contribution < -0.4 is 15.4 Å². The SMILES string of the molecule is CNc1ncc(C)c(-c2c[nH]c(OC(=O)NCc3nc4ccccc4[nH]3)c2)n1. The highest BCUT2D eigenvalue weighted by Gasteiger charge is 2.12. The number of carbonyl (C=O) groups is 1. The van der Waals surface area contributed by atoms with Crippen LogP contribution in [-0.2, 0) is 6.54 Å². The predicted molar refractivity (Wildman–Crippen MR) is 105 cm³/mol. The highest BCUT2D eigenvalue weighted by molar-refractivity contribution is 5.75. The Hall–Kier alpha value is -3.88. The molecule has 4 rings (SSSR count). The fourth-order valence-electron chi connectivity index (χ4n) is 2.81. The molecule has 3 heterocycles. The van der Waals surface area contributed by atoms with Gasteiger partial charge in [-0.15, -0.1) is 0 Å². The van der Waals surface area contributed by atoms with Gasteiger partial charge in [-0.25, -0.2) is 19.7 Å². The number of aromatic amines is 2. The normalized spacial score (nSPS) is 10.8. The third kappa shape index (κ3) is 3.63. The molecule has 0 aliphatic heterocycles. The second-order valence-electron chi connectivity index (χ2n) is 6.17. The summed E-state index contributed by atoms with van der Waals surface area (Å²) in [5.74, 6) is 1.50. The fraction of sp³-hybridized carbons (Fsp3) is 0.158. The quantitative estimate of drug-likeness (QED) is 0.424. The number of aryl methyl sites for hydroxylation is 1. The van der Waals surface area contributed by atoms with Crippen LogP contribution in [0.5, 0.6) is 5.88 Å². The van der Waals surface area contributed by atoms with Crippen LogP contribution in [-0.4, -0.2) is 38.1 Å². The van der Waals surface area contributed by atoms with Crippen LogP contribution in [0.2, 0.25) is 0 Å². The molecule has 9 nitrogen and oxygen atoms in total. The number of nitrogens with one attached hydrogen (secondary N) is 4. The number of hydrogen-bond donors (Lipinski definition) is 4. The number of imidazole rings is 1. The summed E-state index contributed by atoms with van der Waals surface area (Å²) in [5.41, 5.74) is 4.24. The molecule has 0 unspecified atom stereocenters. The molecule has 28 heavy (non-hydrogen) atoms. The molecular weight excluding hydrogens is 358 g/mol. The molecule has 9 heteroatoms. The van der Waals surface area contributed by atoms with Gasteiger partial charge in [0.25, 0.3) is 0 Å². The van der Waals surface area contributed by atoms with Crippen LogP contribution in [0.1, 0.15) is 11.4 Å². The number of fused-ring (bicyclic) bond motifs is 1. The van der Waals surface area contributed by atoms with Crippen LogP contribution in [0.15, 0.2) is 42.7 Å².